The number of aromatic nitrogens is 4. The molecule has 75 heavy (non-hydrogen) atoms. The number of hydrogen-bond donors (Lipinski definition) is 0. The molecule has 0 radical (unpaired) electrons. The van der Waals surface area contributed by atoms with Crippen molar-refractivity contribution in [2.24, 2.45) is 0 Å². The van der Waals surface area contributed by atoms with Gasteiger partial charge in [-0.2, -0.15) is 0 Å². The zero-order valence-electron chi connectivity index (χ0n) is 54.9. The SMILES string of the molecule is [2H]c1c([2H])c([2H])c(-c2ccc3c(c2)n(-c2cccc(Oc4ccc5c6ccccc6n(-c6cc(C(C)(C)C)ccn6)c5c4)c2)[c-][n+]3-c2c(-c3cc(C(C)(C)C)cc(C(C)(C)C)c3)cc(C(C)(C)C)cc2-c2c([2H])c([2H])c([2H])c([2H])c2[2H])c([2H])c1[2H]. The summed E-state index contributed by atoms with van der Waals surface area (Å²) in [4.78, 5) is 4.88. The maximum absolute atomic E-state index is 9.56. The lowest BCUT2D eigenvalue weighted by Gasteiger charge is -2.28. The van der Waals surface area contributed by atoms with Crippen LogP contribution in [-0.4, -0.2) is 14.1 Å². The highest BCUT2D eigenvalue weighted by Crippen LogP contribution is 2.43. The average Bonchev–Trinajstić information content (AvgIpc) is 2.40. The first-order valence-electron chi connectivity index (χ1n) is 30.6. The fourth-order valence-corrected chi connectivity index (χ4v) is 9.86. The predicted octanol–water partition coefficient (Wildman–Crippen LogP) is 18.2. The van der Waals surface area contributed by atoms with Crippen molar-refractivity contribution in [3.63, 3.8) is 0 Å². The smallest absolute Gasteiger partial charge is 0.269 e. The Bertz CT molecular complexity index is 4480. The number of pyridine rings is 1. The predicted molar refractivity (Wildman–Crippen MR) is 313 cm³/mol. The number of rotatable bonds is 8. The van der Waals surface area contributed by atoms with Gasteiger partial charge in [-0.15, -0.1) is 0 Å². The number of ether oxygens (including phenoxy) is 1. The molecule has 0 saturated heterocycles. The quantitative estimate of drug-likeness (QED) is 0.112. The van der Waals surface area contributed by atoms with Gasteiger partial charge in [-0.3, -0.25) is 13.7 Å². The largest absolute Gasteiger partial charge is 0.458 e. The monoisotopic (exact) mass is 991 g/mol. The third-order valence-electron chi connectivity index (χ3n) is 14.2. The number of nitrogens with zero attached hydrogens (tertiary/aromatic N) is 4. The molecule has 11 rings (SSSR count). The fraction of sp³-hybridized carbons (Fsp3) is 0.229. The van der Waals surface area contributed by atoms with Crippen LogP contribution in [0.25, 0.3) is 83.4 Å². The molecule has 0 spiro atoms. The number of imidazole rings is 1. The topological polar surface area (TPSA) is 35.9 Å². The summed E-state index contributed by atoms with van der Waals surface area (Å²) in [6.07, 6.45) is 5.55. The Morgan fingerprint density at radius 3 is 1.73 bits per heavy atom. The zero-order chi connectivity index (χ0) is 61.3. The molecule has 0 aliphatic heterocycles. The van der Waals surface area contributed by atoms with E-state index in [1.807, 2.05) is 76.0 Å². The molecule has 0 bridgehead atoms. The Hall–Kier alpha value is -8.02. The molecule has 5 heteroatoms. The molecule has 11 aromatic rings. The summed E-state index contributed by atoms with van der Waals surface area (Å²) < 4.78 is 102. The Kier molecular flexibility index (Phi) is 9.47. The maximum Gasteiger partial charge on any atom is 0.269 e. The van der Waals surface area contributed by atoms with E-state index in [0.717, 1.165) is 55.4 Å². The lowest BCUT2D eigenvalue weighted by atomic mass is 9.77. The Morgan fingerprint density at radius 2 is 1.07 bits per heavy atom. The lowest BCUT2D eigenvalue weighted by Crippen LogP contribution is -2.32. The highest BCUT2D eigenvalue weighted by Gasteiger charge is 2.28. The summed E-state index contributed by atoms with van der Waals surface area (Å²) in [5, 5.41) is 2.10. The van der Waals surface area contributed by atoms with Gasteiger partial charge in [0.2, 0.25) is 0 Å². The first-order valence-corrected chi connectivity index (χ1v) is 25.6. The summed E-state index contributed by atoms with van der Waals surface area (Å²) in [6, 6.07) is 37.7. The van der Waals surface area contributed by atoms with Crippen LogP contribution in [0.1, 0.15) is 119 Å². The highest BCUT2D eigenvalue weighted by molar-refractivity contribution is 6.09. The van der Waals surface area contributed by atoms with Gasteiger partial charge < -0.3 is 4.74 Å². The van der Waals surface area contributed by atoms with Gasteiger partial charge in [-0.05, 0) is 132 Å². The second-order valence-corrected chi connectivity index (χ2v) is 23.7. The van der Waals surface area contributed by atoms with Gasteiger partial charge in [0.15, 0.2) is 0 Å². The van der Waals surface area contributed by atoms with E-state index < -0.39 is 41.7 Å². The van der Waals surface area contributed by atoms with Crippen LogP contribution in [0.3, 0.4) is 0 Å². The molecule has 0 atom stereocenters. The minimum absolute atomic E-state index is 0.0121. The molecule has 0 fully saturated rings. The number of fused-ring (bicyclic) bond motifs is 4. The van der Waals surface area contributed by atoms with E-state index in [-0.39, 0.29) is 51.5 Å². The molecule has 0 saturated carbocycles. The number of hydrogen-bond acceptors (Lipinski definition) is 2. The molecule has 8 aromatic carbocycles. The minimum Gasteiger partial charge on any atom is -0.458 e. The van der Waals surface area contributed by atoms with E-state index in [9.17, 15) is 2.74 Å². The first kappa shape index (κ1) is 38.5. The molecule has 5 nitrogen and oxygen atoms in total. The van der Waals surface area contributed by atoms with Gasteiger partial charge in [-0.25, -0.2) is 4.98 Å². The molecule has 0 N–H and O–H groups in total. The van der Waals surface area contributed by atoms with Gasteiger partial charge >= 0.3 is 0 Å². The second-order valence-electron chi connectivity index (χ2n) is 23.7. The van der Waals surface area contributed by atoms with E-state index in [1.165, 1.54) is 0 Å². The first-order chi connectivity index (χ1) is 39.8. The van der Waals surface area contributed by atoms with Crippen molar-refractivity contribution in [1.82, 2.24) is 14.1 Å². The number of para-hydroxylation sites is 1. The Morgan fingerprint density at radius 1 is 0.467 bits per heavy atom. The van der Waals surface area contributed by atoms with Crippen molar-refractivity contribution in [3.8, 4) is 62.1 Å². The Labute approximate surface area is 457 Å². The van der Waals surface area contributed by atoms with E-state index in [1.54, 1.807) is 12.1 Å². The van der Waals surface area contributed by atoms with Crippen LogP contribution in [0.4, 0.5) is 0 Å². The van der Waals surface area contributed by atoms with Crippen LogP contribution in [0.5, 0.6) is 11.5 Å². The summed E-state index contributed by atoms with van der Waals surface area (Å²) in [5.41, 5.74) is 9.30. The van der Waals surface area contributed by atoms with Crippen LogP contribution in [0, 0.1) is 6.33 Å². The van der Waals surface area contributed by atoms with Crippen LogP contribution in [0.15, 0.2) is 194 Å². The summed E-state index contributed by atoms with van der Waals surface area (Å²) in [7, 11) is 0. The maximum atomic E-state index is 9.56. The van der Waals surface area contributed by atoms with Gasteiger partial charge in [-0.1, -0.05) is 210 Å². The molecule has 0 amide bonds. The van der Waals surface area contributed by atoms with Crippen molar-refractivity contribution in [1.29, 1.82) is 0 Å². The van der Waals surface area contributed by atoms with E-state index >= 15 is 0 Å². The molecule has 0 aliphatic carbocycles. The van der Waals surface area contributed by atoms with E-state index in [2.05, 4.69) is 149 Å². The van der Waals surface area contributed by atoms with Crippen LogP contribution >= 0.6 is 0 Å². The molecular weight excluding hydrogens is 913 g/mol. The normalized spacial score (nSPS) is 14.4. The van der Waals surface area contributed by atoms with Gasteiger partial charge in [0.05, 0.1) is 47.1 Å². The van der Waals surface area contributed by atoms with Crippen molar-refractivity contribution in [2.75, 3.05) is 0 Å². The van der Waals surface area contributed by atoms with E-state index in [0.29, 0.717) is 50.6 Å². The lowest BCUT2D eigenvalue weighted by molar-refractivity contribution is -0.571. The zero-order valence-corrected chi connectivity index (χ0v) is 44.9. The fourth-order valence-electron chi connectivity index (χ4n) is 9.86. The second kappa shape index (κ2) is 18.4. The molecule has 0 unspecified atom stereocenters. The Balaban J connectivity index is 1.20. The molecule has 0 aliphatic rings. The van der Waals surface area contributed by atoms with Crippen LogP contribution in [-0.2, 0) is 21.7 Å². The standard InChI is InChI=1S/C70H68N4O/c1-67(2,3)50-34-35-71-65(42-50)74-61-29-20-19-28-57(61)58-32-31-56(44-63(58)74)75-55-27-21-26-54(43-55)72-45-73(62-33-30-48(38-64(62)72)46-22-15-13-16-23-46)66-59(47-24-17-14-18-25-47)40-53(70(10,11)12)41-60(66)49-36-51(68(4,5)6)39-52(37-49)69(7,8)9/h13-44H,1-12H3/i13D,14D,15D,16D,17D,18D,22D,23D,24D,25D. The molecule has 3 heterocycles. The molecule has 374 valence electrons. The van der Waals surface area contributed by atoms with Crippen LogP contribution in [0.2, 0.25) is 0 Å². The third kappa shape index (κ3) is 9.46. The average molecular weight is 991 g/mol. The van der Waals surface area contributed by atoms with Crippen molar-refractivity contribution in [2.45, 2.75) is 105 Å². The summed E-state index contributed by atoms with van der Waals surface area (Å²) >= 11 is 0. The van der Waals surface area contributed by atoms with Gasteiger partial charge in [0.1, 0.15) is 17.3 Å². The van der Waals surface area contributed by atoms with Crippen molar-refractivity contribution in [3.05, 3.63) is 223 Å². The van der Waals surface area contributed by atoms with Gasteiger partial charge in [0.25, 0.3) is 6.33 Å². The van der Waals surface area contributed by atoms with Crippen molar-refractivity contribution >= 4 is 32.8 Å². The minimum atomic E-state index is -0.511. The summed E-state index contributed by atoms with van der Waals surface area (Å²) in [6.45, 7) is 25.9. The highest BCUT2D eigenvalue weighted by atomic mass is 16.5. The molecular formula is C70H68N4O. The number of benzene rings is 8. The van der Waals surface area contributed by atoms with Crippen LogP contribution < -0.4 is 9.30 Å². The summed E-state index contributed by atoms with van der Waals surface area (Å²) in [5.74, 6) is 1.84. The van der Waals surface area contributed by atoms with Gasteiger partial charge in [0, 0.05) is 23.0 Å². The van der Waals surface area contributed by atoms with E-state index in [4.69, 9.17) is 20.7 Å². The van der Waals surface area contributed by atoms with Crippen molar-refractivity contribution < 1.29 is 23.0 Å². The third-order valence-corrected chi connectivity index (χ3v) is 14.2. The molecule has 3 aromatic heterocycles.